The lowest BCUT2D eigenvalue weighted by atomic mass is 10.3. The Labute approximate surface area is 161 Å². The van der Waals surface area contributed by atoms with Crippen LogP contribution in [0.15, 0.2) is 58.6 Å². The van der Waals surface area contributed by atoms with Crippen LogP contribution in [-0.2, 0) is 14.8 Å². The molecule has 144 valence electrons. The molecule has 0 bridgehead atoms. The predicted molar refractivity (Wildman–Crippen MR) is 97.9 cm³/mol. The Morgan fingerprint density at radius 1 is 1.11 bits per heavy atom. The third kappa shape index (κ3) is 4.40. The van der Waals surface area contributed by atoms with E-state index >= 15 is 0 Å². The number of aromatic nitrogens is 1. The van der Waals surface area contributed by atoms with Gasteiger partial charge in [0.05, 0.1) is 5.75 Å². The molecule has 1 aliphatic heterocycles. The van der Waals surface area contributed by atoms with Gasteiger partial charge in [-0.2, -0.15) is 9.04 Å². The smallest absolute Gasteiger partial charge is 0.251 e. The minimum absolute atomic E-state index is 0.0896. The minimum atomic E-state index is -3.93. The zero-order valence-corrected chi connectivity index (χ0v) is 16.0. The second kappa shape index (κ2) is 8.24. The second-order valence-electron chi connectivity index (χ2n) is 5.87. The molecule has 0 atom stereocenters. The molecule has 1 aromatic heterocycles. The van der Waals surface area contributed by atoms with E-state index in [1.54, 1.807) is 23.1 Å². The quantitative estimate of drug-likeness (QED) is 0.418. The van der Waals surface area contributed by atoms with Crippen LogP contribution in [0.5, 0.6) is 0 Å². The third-order valence-corrected chi connectivity index (χ3v) is 7.11. The van der Waals surface area contributed by atoms with Crippen molar-refractivity contribution in [2.75, 3.05) is 31.9 Å². The Morgan fingerprint density at radius 2 is 1.78 bits per heavy atom. The highest BCUT2D eigenvalue weighted by atomic mass is 32.2. The normalized spacial score (nSPS) is 15.7. The van der Waals surface area contributed by atoms with E-state index < -0.39 is 15.8 Å². The fourth-order valence-electron chi connectivity index (χ4n) is 2.72. The molecule has 27 heavy (non-hydrogen) atoms. The van der Waals surface area contributed by atoms with Crippen LogP contribution in [0.3, 0.4) is 0 Å². The molecule has 1 amide bonds. The van der Waals surface area contributed by atoms with Gasteiger partial charge in [0.25, 0.3) is 5.03 Å². The van der Waals surface area contributed by atoms with E-state index in [0.29, 0.717) is 9.76 Å². The zero-order chi connectivity index (χ0) is 19.4. The highest BCUT2D eigenvalue weighted by Gasteiger charge is 2.31. The van der Waals surface area contributed by atoms with Gasteiger partial charge in [-0.1, -0.05) is 12.1 Å². The first-order chi connectivity index (χ1) is 12.9. The first-order valence-corrected chi connectivity index (χ1v) is 10.7. The van der Waals surface area contributed by atoms with Gasteiger partial charge in [-0.05, 0) is 30.0 Å². The molecule has 0 aliphatic carbocycles. The number of carbonyl (C=O) groups is 1. The monoisotopic (exact) mass is 411 g/mol. The fourth-order valence-corrected chi connectivity index (χ4v) is 5.03. The Morgan fingerprint density at radius 3 is 2.44 bits per heavy atom. The second-order valence-corrected chi connectivity index (χ2v) is 8.77. The van der Waals surface area contributed by atoms with Crippen molar-refractivity contribution in [2.45, 2.75) is 9.92 Å². The van der Waals surface area contributed by atoms with Gasteiger partial charge >= 0.3 is 0 Å². The van der Waals surface area contributed by atoms with Crippen molar-refractivity contribution in [1.82, 2.24) is 9.21 Å². The maximum Gasteiger partial charge on any atom is 0.251 e. The predicted octanol–water partition coefficient (Wildman–Crippen LogP) is 1.08. The van der Waals surface area contributed by atoms with Crippen molar-refractivity contribution >= 4 is 27.7 Å². The van der Waals surface area contributed by atoms with Gasteiger partial charge in [-0.25, -0.2) is 12.8 Å². The third-order valence-electron chi connectivity index (χ3n) is 4.18. The number of piperazine rings is 1. The average Bonchev–Trinajstić information content (AvgIpc) is 2.67. The van der Waals surface area contributed by atoms with Crippen LogP contribution in [0.1, 0.15) is 0 Å². The summed E-state index contributed by atoms with van der Waals surface area (Å²) in [5.74, 6) is -0.875. The molecular formula is C17H18FN3O4S2. The van der Waals surface area contributed by atoms with Crippen molar-refractivity contribution < 1.29 is 22.3 Å². The highest BCUT2D eigenvalue weighted by molar-refractivity contribution is 7.99. The molecular weight excluding hydrogens is 393 g/mol. The van der Waals surface area contributed by atoms with Crippen molar-refractivity contribution in [1.29, 1.82) is 0 Å². The van der Waals surface area contributed by atoms with E-state index in [1.165, 1.54) is 28.7 Å². The zero-order valence-electron chi connectivity index (χ0n) is 14.3. The first-order valence-electron chi connectivity index (χ1n) is 8.23. The van der Waals surface area contributed by atoms with Crippen LogP contribution in [0.2, 0.25) is 0 Å². The maximum absolute atomic E-state index is 13.8. The summed E-state index contributed by atoms with van der Waals surface area (Å²) in [6.45, 7) is 0.637. The van der Waals surface area contributed by atoms with E-state index in [1.807, 2.05) is 0 Å². The van der Waals surface area contributed by atoms with Crippen molar-refractivity contribution in [2.24, 2.45) is 0 Å². The molecule has 0 saturated carbocycles. The molecule has 1 aromatic carbocycles. The number of benzene rings is 1. The molecule has 2 heterocycles. The standard InChI is InChI=1S/C17H18FN3O4S2/c18-14-5-1-2-6-15(14)27(24,25)20-11-9-19(10-12-20)16(22)13-26-17-7-3-4-8-21(17)23/h1-8H,9-13H2. The van der Waals surface area contributed by atoms with Crippen LogP contribution in [-0.4, -0.2) is 55.5 Å². The van der Waals surface area contributed by atoms with Gasteiger partial charge in [0, 0.05) is 38.3 Å². The Bertz CT molecular complexity index is 931. The number of rotatable bonds is 5. The molecule has 1 saturated heterocycles. The summed E-state index contributed by atoms with van der Waals surface area (Å²) in [4.78, 5) is 13.5. The molecule has 0 N–H and O–H groups in total. The highest BCUT2D eigenvalue weighted by Crippen LogP contribution is 2.21. The molecule has 1 aliphatic rings. The largest absolute Gasteiger partial charge is 0.618 e. The van der Waals surface area contributed by atoms with Gasteiger partial charge < -0.3 is 10.1 Å². The van der Waals surface area contributed by atoms with Gasteiger partial charge in [-0.15, -0.1) is 0 Å². The maximum atomic E-state index is 13.8. The number of amides is 1. The van der Waals surface area contributed by atoms with Crippen LogP contribution in [0, 0.1) is 11.0 Å². The van der Waals surface area contributed by atoms with Crippen molar-refractivity contribution in [3.8, 4) is 0 Å². The Hall–Kier alpha value is -2.17. The SMILES string of the molecule is O=C(CSc1cccc[n+]1[O-])N1CCN(S(=O)(=O)c2ccccc2F)CC1. The number of hydrogen-bond acceptors (Lipinski definition) is 5. The van der Waals surface area contributed by atoms with Gasteiger partial charge in [-0.3, -0.25) is 4.79 Å². The summed E-state index contributed by atoms with van der Waals surface area (Å²) in [6, 6.07) is 10.2. The lowest BCUT2D eigenvalue weighted by molar-refractivity contribution is -0.645. The van der Waals surface area contributed by atoms with E-state index in [9.17, 15) is 22.8 Å². The molecule has 0 unspecified atom stereocenters. The molecule has 10 heteroatoms. The lowest BCUT2D eigenvalue weighted by Crippen LogP contribution is -2.51. The van der Waals surface area contributed by atoms with Crippen molar-refractivity contribution in [3.63, 3.8) is 0 Å². The molecule has 3 rings (SSSR count). The van der Waals surface area contributed by atoms with Gasteiger partial charge in [0.2, 0.25) is 15.9 Å². The average molecular weight is 411 g/mol. The summed E-state index contributed by atoms with van der Waals surface area (Å²) in [7, 11) is -3.93. The summed E-state index contributed by atoms with van der Waals surface area (Å²) < 4.78 is 40.9. The van der Waals surface area contributed by atoms with Crippen molar-refractivity contribution in [3.05, 3.63) is 59.7 Å². The number of halogens is 1. The number of sulfonamides is 1. The van der Waals surface area contributed by atoms with Crippen LogP contribution < -0.4 is 4.73 Å². The molecule has 2 aromatic rings. The topological polar surface area (TPSA) is 84.6 Å². The van der Waals surface area contributed by atoms with E-state index in [4.69, 9.17) is 0 Å². The first kappa shape index (κ1) is 19.6. The Kier molecular flexibility index (Phi) is 5.98. The van der Waals surface area contributed by atoms with E-state index in [-0.39, 0.29) is 42.7 Å². The Balaban J connectivity index is 1.58. The number of hydrogen-bond donors (Lipinski definition) is 0. The molecule has 1 fully saturated rings. The minimum Gasteiger partial charge on any atom is -0.618 e. The summed E-state index contributed by atoms with van der Waals surface area (Å²) in [5, 5.41) is 12.0. The summed E-state index contributed by atoms with van der Waals surface area (Å²) >= 11 is 1.13. The number of nitrogens with zero attached hydrogens (tertiary/aromatic N) is 3. The lowest BCUT2D eigenvalue weighted by Gasteiger charge is -2.34. The number of thioether (sulfide) groups is 1. The van der Waals surface area contributed by atoms with E-state index in [2.05, 4.69) is 0 Å². The molecule has 0 radical (unpaired) electrons. The van der Waals surface area contributed by atoms with Gasteiger partial charge in [0.1, 0.15) is 10.7 Å². The van der Waals surface area contributed by atoms with E-state index in [0.717, 1.165) is 17.8 Å². The number of pyridine rings is 1. The summed E-state index contributed by atoms with van der Waals surface area (Å²) in [5.41, 5.74) is 0. The summed E-state index contributed by atoms with van der Waals surface area (Å²) in [6.07, 6.45) is 1.36. The molecule has 7 nitrogen and oxygen atoms in total. The van der Waals surface area contributed by atoms with Crippen LogP contribution in [0.25, 0.3) is 0 Å². The fraction of sp³-hybridized carbons (Fsp3) is 0.294. The van der Waals surface area contributed by atoms with Gasteiger partial charge in [0.15, 0.2) is 6.20 Å². The number of carbonyl (C=O) groups excluding carboxylic acids is 1. The van der Waals surface area contributed by atoms with Crippen LogP contribution >= 0.6 is 11.8 Å². The molecule has 0 spiro atoms. The van der Waals surface area contributed by atoms with Crippen LogP contribution in [0.4, 0.5) is 4.39 Å².